The number of nitrogens with zero attached hydrogens (tertiary/aromatic N) is 1. The Hall–Kier alpha value is -3.07. The minimum atomic E-state index is -4.43. The number of rotatable bonds is 6. The number of anilines is 1. The Bertz CT molecular complexity index is 1150. The van der Waals surface area contributed by atoms with Crippen molar-refractivity contribution in [3.8, 4) is 5.75 Å². The van der Waals surface area contributed by atoms with E-state index in [2.05, 4.69) is 15.3 Å². The van der Waals surface area contributed by atoms with Gasteiger partial charge >= 0.3 is 6.18 Å². The molecular weight excluding hydrogens is 435 g/mol. The minimum absolute atomic E-state index is 0.0304. The number of aromatic amines is 1. The van der Waals surface area contributed by atoms with E-state index in [-0.39, 0.29) is 36.4 Å². The van der Waals surface area contributed by atoms with Crippen molar-refractivity contribution in [2.24, 2.45) is 11.8 Å². The molecule has 2 aromatic heterocycles. The number of alkyl halides is 3. The summed E-state index contributed by atoms with van der Waals surface area (Å²) in [4.78, 5) is 19.1. The van der Waals surface area contributed by atoms with Crippen molar-refractivity contribution in [3.05, 3.63) is 54.0 Å². The van der Waals surface area contributed by atoms with Crippen LogP contribution < -0.4 is 10.1 Å². The van der Waals surface area contributed by atoms with Crippen molar-refractivity contribution in [1.29, 1.82) is 0 Å². The van der Waals surface area contributed by atoms with Gasteiger partial charge in [0.15, 0.2) is 0 Å². The zero-order valence-corrected chi connectivity index (χ0v) is 17.7. The number of aromatic nitrogens is 2. The molecule has 1 amide bonds. The van der Waals surface area contributed by atoms with Crippen molar-refractivity contribution in [3.63, 3.8) is 0 Å². The smallest absolute Gasteiger partial charge is 0.433 e. The molecule has 3 N–H and O–H groups in total. The van der Waals surface area contributed by atoms with Gasteiger partial charge < -0.3 is 20.1 Å². The fourth-order valence-electron chi connectivity index (χ4n) is 4.55. The highest BCUT2D eigenvalue weighted by Crippen LogP contribution is 2.40. The topological polar surface area (TPSA) is 87.2 Å². The van der Waals surface area contributed by atoms with Gasteiger partial charge in [0.1, 0.15) is 11.4 Å². The van der Waals surface area contributed by atoms with Gasteiger partial charge in [0.25, 0.3) is 0 Å². The van der Waals surface area contributed by atoms with Crippen LogP contribution in [0.5, 0.6) is 5.75 Å². The van der Waals surface area contributed by atoms with E-state index in [1.54, 1.807) is 6.20 Å². The molecule has 3 aromatic rings. The first-order valence-electron chi connectivity index (χ1n) is 11.0. The Morgan fingerprint density at radius 3 is 2.64 bits per heavy atom. The number of pyridine rings is 1. The van der Waals surface area contributed by atoms with Crippen LogP contribution in [0.1, 0.15) is 42.9 Å². The average molecular weight is 459 g/mol. The van der Waals surface area contributed by atoms with Gasteiger partial charge in [-0.2, -0.15) is 13.2 Å². The van der Waals surface area contributed by atoms with Gasteiger partial charge in [-0.3, -0.25) is 9.78 Å². The van der Waals surface area contributed by atoms with Gasteiger partial charge in [0.05, 0.1) is 11.8 Å². The zero-order chi connectivity index (χ0) is 23.2. The van der Waals surface area contributed by atoms with Crippen molar-refractivity contribution in [2.75, 3.05) is 11.9 Å². The van der Waals surface area contributed by atoms with Crippen LogP contribution in [0.3, 0.4) is 0 Å². The number of hydrogen-bond acceptors (Lipinski definition) is 4. The molecule has 0 spiro atoms. The normalized spacial score (nSPS) is 24.7. The van der Waals surface area contributed by atoms with Crippen LogP contribution in [0, 0.1) is 11.8 Å². The molecule has 0 atom stereocenters. The van der Waals surface area contributed by atoms with Crippen molar-refractivity contribution in [2.45, 2.75) is 43.9 Å². The molecule has 9 heteroatoms. The summed E-state index contributed by atoms with van der Waals surface area (Å²) in [6.45, 7) is 0.120. The summed E-state index contributed by atoms with van der Waals surface area (Å²) in [5.74, 6) is 0.904. The molecule has 0 bridgehead atoms. The number of fused-ring (bicyclic) bond motifs is 1. The third-order valence-electron chi connectivity index (χ3n) is 6.72. The first kappa shape index (κ1) is 21.8. The molecule has 6 nitrogen and oxygen atoms in total. The highest BCUT2D eigenvalue weighted by atomic mass is 19.4. The van der Waals surface area contributed by atoms with E-state index >= 15 is 0 Å². The Morgan fingerprint density at radius 2 is 1.97 bits per heavy atom. The lowest BCUT2D eigenvalue weighted by atomic mass is 9.75. The summed E-state index contributed by atoms with van der Waals surface area (Å²) >= 11 is 0. The molecule has 0 saturated heterocycles. The van der Waals surface area contributed by atoms with E-state index in [9.17, 15) is 18.0 Å². The first-order chi connectivity index (χ1) is 15.8. The maximum Gasteiger partial charge on any atom is 0.433 e. The van der Waals surface area contributed by atoms with Gasteiger partial charge in [-0.15, -0.1) is 0 Å². The second-order valence-corrected chi connectivity index (χ2v) is 9.00. The number of aliphatic hydroxyl groups excluding tert-OH is 1. The molecule has 0 unspecified atom stereocenters. The first-order valence-corrected chi connectivity index (χ1v) is 11.0. The monoisotopic (exact) mass is 459 g/mol. The van der Waals surface area contributed by atoms with Crippen LogP contribution >= 0.6 is 0 Å². The standard InChI is InChI=1S/C24H24F3N3O3/c25-24(26,27)22-4-1-14(10-29-22)15-7-18(8-15)33-17-2-3-20-19(9-17)21(11-28-20)30-23(32)16-5-13(6-16)12-31/h1-4,9-11,13,15-16,18,28,31H,5-8,12H2,(H,30,32)/t13-,15-,16-,18+. The van der Waals surface area contributed by atoms with E-state index in [0.717, 1.165) is 22.5 Å². The largest absolute Gasteiger partial charge is 0.490 e. The number of carbonyl (C=O) groups excluding carboxylic acids is 1. The van der Waals surface area contributed by atoms with Gasteiger partial charge in [-0.1, -0.05) is 6.07 Å². The number of halogens is 3. The van der Waals surface area contributed by atoms with E-state index in [0.29, 0.717) is 37.1 Å². The van der Waals surface area contributed by atoms with E-state index < -0.39 is 11.9 Å². The van der Waals surface area contributed by atoms with Crippen LogP contribution in [-0.2, 0) is 11.0 Å². The Morgan fingerprint density at radius 1 is 1.18 bits per heavy atom. The molecule has 0 aliphatic heterocycles. The number of benzene rings is 1. The van der Waals surface area contributed by atoms with Crippen LogP contribution in [0.25, 0.3) is 10.9 Å². The third kappa shape index (κ3) is 4.42. The maximum absolute atomic E-state index is 12.7. The fraction of sp³-hybridized carbons (Fsp3) is 0.417. The van der Waals surface area contributed by atoms with E-state index in [1.165, 1.54) is 12.3 Å². The highest BCUT2D eigenvalue weighted by molar-refractivity contribution is 6.03. The second-order valence-electron chi connectivity index (χ2n) is 9.00. The molecule has 1 aromatic carbocycles. The predicted octanol–water partition coefficient (Wildman–Crippen LogP) is 4.86. The molecule has 5 rings (SSSR count). The summed E-state index contributed by atoms with van der Waals surface area (Å²) in [5.41, 5.74) is 1.47. The van der Waals surface area contributed by atoms with Gasteiger partial charge in [0, 0.05) is 35.8 Å². The number of amides is 1. The summed E-state index contributed by atoms with van der Waals surface area (Å²) < 4.78 is 44.1. The third-order valence-corrected chi connectivity index (χ3v) is 6.72. The number of carbonyl (C=O) groups is 1. The average Bonchev–Trinajstić information content (AvgIpc) is 3.11. The number of H-pyrrole nitrogens is 1. The van der Waals surface area contributed by atoms with Gasteiger partial charge in [0.2, 0.25) is 5.91 Å². The lowest BCUT2D eigenvalue weighted by Crippen LogP contribution is -2.35. The molecule has 2 heterocycles. The number of ether oxygens (including phenoxy) is 1. The lowest BCUT2D eigenvalue weighted by Gasteiger charge is -2.35. The second kappa shape index (κ2) is 8.37. The van der Waals surface area contributed by atoms with Gasteiger partial charge in [-0.25, -0.2) is 0 Å². The molecule has 33 heavy (non-hydrogen) atoms. The Labute approximate surface area is 188 Å². The summed E-state index contributed by atoms with van der Waals surface area (Å²) in [6, 6.07) is 8.14. The summed E-state index contributed by atoms with van der Waals surface area (Å²) in [7, 11) is 0. The van der Waals surface area contributed by atoms with Crippen molar-refractivity contribution in [1.82, 2.24) is 9.97 Å². The quantitative estimate of drug-likeness (QED) is 0.491. The predicted molar refractivity (Wildman–Crippen MR) is 116 cm³/mol. The molecule has 2 aliphatic rings. The van der Waals surface area contributed by atoms with Gasteiger partial charge in [-0.05, 0) is 67.3 Å². The summed E-state index contributed by atoms with van der Waals surface area (Å²) in [6.07, 6.45) is 1.41. The number of nitrogens with one attached hydrogen (secondary N) is 2. The van der Waals surface area contributed by atoms with Crippen molar-refractivity contribution < 1.29 is 27.8 Å². The molecule has 0 radical (unpaired) electrons. The van der Waals surface area contributed by atoms with Crippen LogP contribution in [0.15, 0.2) is 42.7 Å². The Kier molecular flexibility index (Phi) is 5.52. The fourth-order valence-corrected chi connectivity index (χ4v) is 4.55. The maximum atomic E-state index is 12.7. The van der Waals surface area contributed by atoms with E-state index in [4.69, 9.17) is 9.84 Å². The SMILES string of the molecule is O=C(Nc1c[nH]c2ccc(O[C@H]3C[C@@H](c4ccc(C(F)(F)F)nc4)C3)cc12)[C@H]1C[C@H](CO)C1. The molecule has 2 fully saturated rings. The number of aliphatic hydroxyl groups is 1. The van der Waals surface area contributed by atoms with Crippen LogP contribution in [0.2, 0.25) is 0 Å². The molecule has 174 valence electrons. The zero-order valence-electron chi connectivity index (χ0n) is 17.7. The molecule has 2 saturated carbocycles. The lowest BCUT2D eigenvalue weighted by molar-refractivity contribution is -0.141. The minimum Gasteiger partial charge on any atom is -0.490 e. The number of hydrogen-bond donors (Lipinski definition) is 3. The highest BCUT2D eigenvalue weighted by Gasteiger charge is 2.36. The van der Waals surface area contributed by atoms with E-state index in [1.807, 2.05) is 18.2 Å². The van der Waals surface area contributed by atoms with Crippen LogP contribution in [0.4, 0.5) is 18.9 Å². The van der Waals surface area contributed by atoms with Crippen molar-refractivity contribution >= 4 is 22.5 Å². The van der Waals surface area contributed by atoms with Crippen LogP contribution in [-0.4, -0.2) is 33.7 Å². The summed E-state index contributed by atoms with van der Waals surface area (Å²) in [5, 5.41) is 13.0. The Balaban J connectivity index is 1.19. The molecule has 2 aliphatic carbocycles. The molecular formula is C24H24F3N3O3.